The van der Waals surface area contributed by atoms with Crippen molar-refractivity contribution in [2.45, 2.75) is 46.2 Å². The van der Waals surface area contributed by atoms with E-state index in [1.165, 1.54) is 0 Å². The average molecular weight is 494 g/mol. The van der Waals surface area contributed by atoms with E-state index >= 15 is 0 Å². The fraction of sp³-hybridized carbons (Fsp3) is 0.333. The summed E-state index contributed by atoms with van der Waals surface area (Å²) in [6.45, 7) is 5.44. The molecule has 2 unspecified atom stereocenters. The largest absolute Gasteiger partial charge is 0.483 e. The topological polar surface area (TPSA) is 141 Å². The van der Waals surface area contributed by atoms with E-state index in [4.69, 9.17) is 10.5 Å². The summed E-state index contributed by atoms with van der Waals surface area (Å²) < 4.78 is 7.73. The van der Waals surface area contributed by atoms with Gasteiger partial charge in [-0.3, -0.25) is 14.4 Å². The van der Waals surface area contributed by atoms with E-state index in [9.17, 15) is 24.3 Å². The second kappa shape index (κ2) is 11.5. The number of ketones is 1. The summed E-state index contributed by atoms with van der Waals surface area (Å²) in [4.78, 5) is 49.0. The van der Waals surface area contributed by atoms with E-state index < -0.39 is 36.2 Å². The van der Waals surface area contributed by atoms with Gasteiger partial charge < -0.3 is 25.5 Å². The Bertz CT molecular complexity index is 1280. The van der Waals surface area contributed by atoms with Crippen LogP contribution in [0.5, 0.6) is 5.75 Å². The average Bonchev–Trinajstić information content (AvgIpc) is 3.18. The van der Waals surface area contributed by atoms with Gasteiger partial charge in [0.1, 0.15) is 11.8 Å². The highest BCUT2D eigenvalue weighted by Crippen LogP contribution is 2.35. The first kappa shape index (κ1) is 26.5. The molecule has 36 heavy (non-hydrogen) atoms. The van der Waals surface area contributed by atoms with Gasteiger partial charge in [0.05, 0.1) is 16.5 Å². The zero-order valence-corrected chi connectivity index (χ0v) is 20.6. The molecule has 2 amide bonds. The number of rotatable bonds is 12. The summed E-state index contributed by atoms with van der Waals surface area (Å²) in [5, 5.41) is 12.3. The molecule has 0 aliphatic rings. The Morgan fingerprint density at radius 2 is 1.75 bits per heavy atom. The first-order valence-electron chi connectivity index (χ1n) is 11.9. The molecule has 0 saturated carbocycles. The van der Waals surface area contributed by atoms with Gasteiger partial charge in [0, 0.05) is 12.2 Å². The second-order valence-corrected chi connectivity index (χ2v) is 8.65. The molecule has 1 heterocycles. The third kappa shape index (κ3) is 5.56. The van der Waals surface area contributed by atoms with Gasteiger partial charge in [-0.1, -0.05) is 63.6 Å². The van der Waals surface area contributed by atoms with Crippen molar-refractivity contribution in [3.8, 4) is 5.75 Å². The number of ether oxygens (including phenoxy) is 1. The summed E-state index contributed by atoms with van der Waals surface area (Å²) in [6, 6.07) is 13.8. The fourth-order valence-electron chi connectivity index (χ4n) is 4.26. The van der Waals surface area contributed by atoms with Crippen molar-refractivity contribution in [1.82, 2.24) is 9.88 Å². The van der Waals surface area contributed by atoms with Crippen molar-refractivity contribution in [2.24, 2.45) is 11.7 Å². The van der Waals surface area contributed by atoms with Crippen molar-refractivity contribution in [2.75, 3.05) is 6.61 Å². The van der Waals surface area contributed by atoms with Gasteiger partial charge >= 0.3 is 5.97 Å². The minimum Gasteiger partial charge on any atom is -0.483 e. The monoisotopic (exact) mass is 493 g/mol. The van der Waals surface area contributed by atoms with Crippen LogP contribution in [0.2, 0.25) is 0 Å². The Balaban J connectivity index is 2.02. The molecule has 190 valence electrons. The number of amides is 2. The van der Waals surface area contributed by atoms with E-state index in [1.54, 1.807) is 19.1 Å². The first-order valence-corrected chi connectivity index (χ1v) is 11.9. The lowest BCUT2D eigenvalue weighted by atomic mass is 9.99. The molecule has 3 aromatic rings. The molecule has 1 aromatic heterocycles. The number of Topliss-reactive ketones (excluding diaryl/α,β-unsaturated/α-hetero) is 1. The summed E-state index contributed by atoms with van der Waals surface area (Å²) in [6.07, 6.45) is 1.02. The Kier molecular flexibility index (Phi) is 8.47. The maximum atomic E-state index is 12.9. The number of fused-ring (bicyclic) bond motifs is 1. The van der Waals surface area contributed by atoms with Crippen LogP contribution in [0.25, 0.3) is 10.9 Å². The molecule has 9 heteroatoms. The van der Waals surface area contributed by atoms with Gasteiger partial charge in [0.15, 0.2) is 6.61 Å². The Morgan fingerprint density at radius 3 is 2.33 bits per heavy atom. The molecule has 2 atom stereocenters. The number of carbonyl (C=O) groups is 4. The highest BCUT2D eigenvalue weighted by molar-refractivity contribution is 6.45. The number of primary amides is 1. The van der Waals surface area contributed by atoms with Gasteiger partial charge in [-0.15, -0.1) is 0 Å². The van der Waals surface area contributed by atoms with E-state index in [-0.39, 0.29) is 17.2 Å². The van der Waals surface area contributed by atoms with Crippen molar-refractivity contribution >= 4 is 34.5 Å². The number of carboxylic acids is 1. The molecule has 2 aromatic carbocycles. The summed E-state index contributed by atoms with van der Waals surface area (Å²) in [7, 11) is 0. The molecule has 0 aliphatic heterocycles. The molecule has 4 N–H and O–H groups in total. The molecule has 9 nitrogen and oxygen atoms in total. The molecule has 0 bridgehead atoms. The van der Waals surface area contributed by atoms with Gasteiger partial charge in [0.2, 0.25) is 0 Å². The lowest BCUT2D eigenvalue weighted by Crippen LogP contribution is -2.46. The summed E-state index contributed by atoms with van der Waals surface area (Å²) >= 11 is 0. The number of hydrogen-bond acceptors (Lipinski definition) is 5. The lowest BCUT2D eigenvalue weighted by molar-refractivity contribution is -0.143. The molecule has 3 rings (SSSR count). The van der Waals surface area contributed by atoms with Crippen molar-refractivity contribution in [3.63, 3.8) is 0 Å². The predicted octanol–water partition coefficient (Wildman–Crippen LogP) is 2.91. The lowest BCUT2D eigenvalue weighted by Gasteiger charge is -2.20. The molecular formula is C27H31N3O6. The van der Waals surface area contributed by atoms with Crippen LogP contribution in [-0.4, -0.2) is 45.9 Å². The Labute approximate surface area is 209 Å². The predicted molar refractivity (Wildman–Crippen MR) is 135 cm³/mol. The third-order valence-electron chi connectivity index (χ3n) is 6.28. The number of carbonyl (C=O) groups excluding carboxylic acids is 3. The van der Waals surface area contributed by atoms with Crippen LogP contribution in [0.1, 0.15) is 48.8 Å². The van der Waals surface area contributed by atoms with Crippen molar-refractivity contribution in [3.05, 3.63) is 65.4 Å². The van der Waals surface area contributed by atoms with Gasteiger partial charge in [-0.25, -0.2) is 4.79 Å². The molecule has 0 fully saturated rings. The highest BCUT2D eigenvalue weighted by atomic mass is 16.5. The molecule has 0 aliphatic carbocycles. The second-order valence-electron chi connectivity index (χ2n) is 8.65. The summed E-state index contributed by atoms with van der Waals surface area (Å²) in [5.74, 6) is -3.71. The minimum absolute atomic E-state index is 0.148. The SMILES string of the molecule is CCc1c(C(=O)C(N)=O)c2c(OCC(=O)NC(C(=O)O)C(C)CC)cccc2n1Cc1ccccc1. The molecule has 0 spiro atoms. The summed E-state index contributed by atoms with van der Waals surface area (Å²) in [5.41, 5.74) is 7.81. The normalized spacial score (nSPS) is 12.6. The van der Waals surface area contributed by atoms with E-state index in [0.29, 0.717) is 36.0 Å². The third-order valence-corrected chi connectivity index (χ3v) is 6.28. The number of hydrogen-bond donors (Lipinski definition) is 3. The maximum absolute atomic E-state index is 12.9. The Hall–Kier alpha value is -4.14. The minimum atomic E-state index is -1.13. The van der Waals surface area contributed by atoms with Crippen molar-refractivity contribution in [1.29, 1.82) is 0 Å². The van der Waals surface area contributed by atoms with Crippen LogP contribution in [0, 0.1) is 5.92 Å². The van der Waals surface area contributed by atoms with Gasteiger partial charge in [-0.2, -0.15) is 0 Å². The maximum Gasteiger partial charge on any atom is 0.326 e. The molecule has 0 radical (unpaired) electrons. The van der Waals surface area contributed by atoms with Crippen LogP contribution in [-0.2, 0) is 27.3 Å². The van der Waals surface area contributed by atoms with Gasteiger partial charge in [0.25, 0.3) is 17.6 Å². The first-order chi connectivity index (χ1) is 17.2. The van der Waals surface area contributed by atoms with E-state index in [0.717, 1.165) is 5.56 Å². The number of nitrogens with two attached hydrogens (primary N) is 1. The number of nitrogens with one attached hydrogen (secondary N) is 1. The van der Waals surface area contributed by atoms with Crippen LogP contribution in [0.15, 0.2) is 48.5 Å². The van der Waals surface area contributed by atoms with Crippen LogP contribution in [0.3, 0.4) is 0 Å². The van der Waals surface area contributed by atoms with E-state index in [2.05, 4.69) is 5.32 Å². The molecular weight excluding hydrogens is 462 g/mol. The van der Waals surface area contributed by atoms with Crippen LogP contribution >= 0.6 is 0 Å². The van der Waals surface area contributed by atoms with Crippen LogP contribution < -0.4 is 15.8 Å². The number of aliphatic carboxylic acids is 1. The van der Waals surface area contributed by atoms with Crippen molar-refractivity contribution < 1.29 is 29.0 Å². The van der Waals surface area contributed by atoms with Crippen LogP contribution in [0.4, 0.5) is 0 Å². The number of carboxylic acid groups (broad SMARTS) is 1. The number of benzene rings is 2. The highest BCUT2D eigenvalue weighted by Gasteiger charge is 2.28. The standard InChI is InChI=1S/C27H31N3O6/c1-4-16(3)24(27(34)35)29-21(31)15-36-20-13-9-12-19-22(20)23(25(32)26(28)33)18(5-2)30(19)14-17-10-7-6-8-11-17/h6-13,16,24H,4-5,14-15H2,1-3H3,(H2,28,33)(H,29,31)(H,34,35). The fourth-order valence-corrected chi connectivity index (χ4v) is 4.26. The van der Waals surface area contributed by atoms with Gasteiger partial charge in [-0.05, 0) is 30.0 Å². The zero-order valence-electron chi connectivity index (χ0n) is 20.6. The zero-order chi connectivity index (χ0) is 26.4. The quantitative estimate of drug-likeness (QED) is 0.262. The Morgan fingerprint density at radius 1 is 1.06 bits per heavy atom. The van der Waals surface area contributed by atoms with E-state index in [1.807, 2.05) is 54.8 Å². The number of nitrogens with zero attached hydrogens (tertiary/aromatic N) is 1. The number of aromatic nitrogens is 1. The molecule has 0 saturated heterocycles. The smallest absolute Gasteiger partial charge is 0.326 e.